The molecule has 1 saturated heterocycles. The van der Waals surface area contributed by atoms with Gasteiger partial charge in [-0.1, -0.05) is 0 Å². The van der Waals surface area contributed by atoms with E-state index in [1.165, 1.54) is 0 Å². The highest BCUT2D eigenvalue weighted by Crippen LogP contribution is 2.26. The zero-order chi connectivity index (χ0) is 6.27. The number of fused-ring (bicyclic) bond motifs is 2. The van der Waals surface area contributed by atoms with Crippen molar-refractivity contribution in [3.8, 4) is 0 Å². The predicted molar refractivity (Wildman–Crippen MR) is 34.1 cm³/mol. The van der Waals surface area contributed by atoms with Crippen molar-refractivity contribution in [2.45, 2.75) is 25.3 Å². The highest BCUT2D eigenvalue weighted by Gasteiger charge is 2.33. The van der Waals surface area contributed by atoms with E-state index in [2.05, 4.69) is 5.32 Å². The Morgan fingerprint density at radius 1 is 1.56 bits per heavy atom. The summed E-state index contributed by atoms with van der Waals surface area (Å²) >= 11 is 0. The van der Waals surface area contributed by atoms with E-state index in [9.17, 15) is 4.79 Å². The molecule has 2 rings (SSSR count). The van der Waals surface area contributed by atoms with Crippen LogP contribution in [0.1, 0.15) is 19.3 Å². The molecule has 2 nitrogen and oxygen atoms in total. The van der Waals surface area contributed by atoms with Gasteiger partial charge >= 0.3 is 0 Å². The van der Waals surface area contributed by atoms with Crippen LogP contribution < -0.4 is 5.32 Å². The van der Waals surface area contributed by atoms with Gasteiger partial charge < -0.3 is 5.32 Å². The summed E-state index contributed by atoms with van der Waals surface area (Å²) in [5.41, 5.74) is 0. The molecule has 50 valence electrons. The minimum atomic E-state index is 0.240. The number of hydrogen-bond acceptors (Lipinski definition) is 2. The Morgan fingerprint density at radius 2 is 2.44 bits per heavy atom. The molecule has 0 spiro atoms. The molecule has 2 fully saturated rings. The van der Waals surface area contributed by atoms with E-state index >= 15 is 0 Å². The Labute approximate surface area is 54.6 Å². The van der Waals surface area contributed by atoms with Crippen molar-refractivity contribution in [2.75, 3.05) is 6.54 Å². The lowest BCUT2D eigenvalue weighted by atomic mass is 9.90. The van der Waals surface area contributed by atoms with Crippen molar-refractivity contribution >= 4 is 5.78 Å². The first-order valence-electron chi connectivity index (χ1n) is 3.62. The van der Waals surface area contributed by atoms with Crippen LogP contribution in [0.2, 0.25) is 0 Å². The van der Waals surface area contributed by atoms with Crippen LogP contribution in [-0.2, 0) is 4.79 Å². The number of Topliss-reactive ketones (excluding diaryl/α,β-unsaturated/α-hetero) is 1. The van der Waals surface area contributed by atoms with E-state index in [4.69, 9.17) is 0 Å². The summed E-state index contributed by atoms with van der Waals surface area (Å²) in [7, 11) is 0. The first kappa shape index (κ1) is 5.42. The highest BCUT2D eigenvalue weighted by atomic mass is 16.1. The fourth-order valence-electron chi connectivity index (χ4n) is 1.79. The standard InChI is InChI=1S/C7H11NO/c9-7-2-1-5-3-6(7)8-4-5/h5-6,8H,1-4H2. The van der Waals surface area contributed by atoms with Crippen molar-refractivity contribution in [3.63, 3.8) is 0 Å². The average Bonchev–Trinajstić information content (AvgIpc) is 2.25. The van der Waals surface area contributed by atoms with Gasteiger partial charge in [-0.3, -0.25) is 4.79 Å². The quantitative estimate of drug-likeness (QED) is 0.505. The maximum absolute atomic E-state index is 11.0. The lowest BCUT2D eigenvalue weighted by molar-refractivity contribution is -0.121. The number of carbonyl (C=O) groups excluding carboxylic acids is 1. The molecule has 1 aliphatic heterocycles. The third-order valence-electron chi connectivity index (χ3n) is 2.41. The molecule has 1 saturated carbocycles. The molecular weight excluding hydrogens is 114 g/mol. The summed E-state index contributed by atoms with van der Waals surface area (Å²) < 4.78 is 0. The monoisotopic (exact) mass is 125 g/mol. The maximum Gasteiger partial charge on any atom is 0.149 e. The summed E-state index contributed by atoms with van der Waals surface area (Å²) in [5.74, 6) is 1.25. The first-order valence-corrected chi connectivity index (χ1v) is 3.62. The fourth-order valence-corrected chi connectivity index (χ4v) is 1.79. The van der Waals surface area contributed by atoms with Gasteiger partial charge in [-0.25, -0.2) is 0 Å². The second-order valence-electron chi connectivity index (χ2n) is 3.07. The van der Waals surface area contributed by atoms with Crippen LogP contribution in [-0.4, -0.2) is 18.4 Å². The van der Waals surface area contributed by atoms with Gasteiger partial charge in [-0.2, -0.15) is 0 Å². The number of carbonyl (C=O) groups is 1. The molecule has 1 N–H and O–H groups in total. The minimum Gasteiger partial charge on any atom is -0.307 e. The Hall–Kier alpha value is -0.370. The van der Waals surface area contributed by atoms with Gasteiger partial charge in [0.15, 0.2) is 0 Å². The van der Waals surface area contributed by atoms with Crippen molar-refractivity contribution in [3.05, 3.63) is 0 Å². The third kappa shape index (κ3) is 0.778. The number of rotatable bonds is 0. The molecule has 2 aliphatic rings. The molecule has 0 aromatic heterocycles. The predicted octanol–water partition coefficient (Wildman–Crippen LogP) is 0.327. The topological polar surface area (TPSA) is 29.1 Å². The van der Waals surface area contributed by atoms with Crippen LogP contribution in [0.5, 0.6) is 0 Å². The Bertz CT molecular complexity index is 144. The van der Waals surface area contributed by atoms with Gasteiger partial charge in [0.25, 0.3) is 0 Å². The summed E-state index contributed by atoms with van der Waals surface area (Å²) in [6.45, 7) is 1.08. The van der Waals surface area contributed by atoms with Crippen LogP contribution in [0.15, 0.2) is 0 Å². The molecule has 0 aromatic rings. The zero-order valence-corrected chi connectivity index (χ0v) is 5.39. The molecule has 1 aliphatic carbocycles. The maximum atomic E-state index is 11.0. The Kier molecular flexibility index (Phi) is 1.09. The molecule has 2 atom stereocenters. The van der Waals surface area contributed by atoms with Crippen LogP contribution >= 0.6 is 0 Å². The highest BCUT2D eigenvalue weighted by molar-refractivity contribution is 5.85. The minimum absolute atomic E-state index is 0.240. The van der Waals surface area contributed by atoms with Crippen molar-refractivity contribution in [2.24, 2.45) is 5.92 Å². The molecule has 2 unspecified atom stereocenters. The number of hydrogen-bond donors (Lipinski definition) is 1. The van der Waals surface area contributed by atoms with E-state index in [1.807, 2.05) is 0 Å². The molecule has 0 aromatic carbocycles. The van der Waals surface area contributed by atoms with Crippen LogP contribution in [0.3, 0.4) is 0 Å². The molecule has 2 heteroatoms. The normalized spacial score (nSPS) is 41.6. The van der Waals surface area contributed by atoms with Crippen molar-refractivity contribution < 1.29 is 4.79 Å². The number of nitrogens with one attached hydrogen (secondary N) is 1. The van der Waals surface area contributed by atoms with Crippen LogP contribution in [0.25, 0.3) is 0 Å². The Morgan fingerprint density at radius 3 is 3.22 bits per heavy atom. The SMILES string of the molecule is O=C1CCC2CNC1C2. The second kappa shape index (κ2) is 1.81. The molecule has 0 radical (unpaired) electrons. The summed E-state index contributed by atoms with van der Waals surface area (Å²) in [6, 6.07) is 0.240. The zero-order valence-electron chi connectivity index (χ0n) is 5.39. The van der Waals surface area contributed by atoms with E-state index in [0.29, 0.717) is 5.78 Å². The smallest absolute Gasteiger partial charge is 0.149 e. The molecule has 9 heavy (non-hydrogen) atoms. The summed E-state index contributed by atoms with van der Waals surface area (Å²) in [5, 5.41) is 3.22. The van der Waals surface area contributed by atoms with Crippen LogP contribution in [0, 0.1) is 5.92 Å². The van der Waals surface area contributed by atoms with Crippen LogP contribution in [0.4, 0.5) is 0 Å². The van der Waals surface area contributed by atoms with Gasteiger partial charge in [-0.15, -0.1) is 0 Å². The second-order valence-corrected chi connectivity index (χ2v) is 3.07. The lowest BCUT2D eigenvalue weighted by Crippen LogP contribution is -2.30. The lowest BCUT2D eigenvalue weighted by Gasteiger charge is -2.14. The van der Waals surface area contributed by atoms with Gasteiger partial charge in [-0.05, 0) is 25.3 Å². The van der Waals surface area contributed by atoms with E-state index < -0.39 is 0 Å². The largest absolute Gasteiger partial charge is 0.307 e. The molecule has 1 heterocycles. The number of ketones is 1. The van der Waals surface area contributed by atoms with Gasteiger partial charge in [0.2, 0.25) is 0 Å². The average molecular weight is 125 g/mol. The first-order chi connectivity index (χ1) is 4.36. The third-order valence-corrected chi connectivity index (χ3v) is 2.41. The Balaban J connectivity index is 2.14. The van der Waals surface area contributed by atoms with Gasteiger partial charge in [0, 0.05) is 6.42 Å². The van der Waals surface area contributed by atoms with Crippen molar-refractivity contribution in [1.82, 2.24) is 5.32 Å². The van der Waals surface area contributed by atoms with Gasteiger partial charge in [0.05, 0.1) is 6.04 Å². The van der Waals surface area contributed by atoms with E-state index in [-0.39, 0.29) is 6.04 Å². The van der Waals surface area contributed by atoms with Crippen molar-refractivity contribution in [1.29, 1.82) is 0 Å². The fraction of sp³-hybridized carbons (Fsp3) is 0.857. The summed E-state index contributed by atoms with van der Waals surface area (Å²) in [4.78, 5) is 11.0. The molecular formula is C7H11NO. The summed E-state index contributed by atoms with van der Waals surface area (Å²) in [6.07, 6.45) is 3.06. The van der Waals surface area contributed by atoms with E-state index in [1.54, 1.807) is 0 Å². The van der Waals surface area contributed by atoms with E-state index in [0.717, 1.165) is 31.7 Å². The molecule has 2 bridgehead atoms. The van der Waals surface area contributed by atoms with Gasteiger partial charge in [0.1, 0.15) is 5.78 Å². The molecule has 0 amide bonds.